The summed E-state index contributed by atoms with van der Waals surface area (Å²) in [4.78, 5) is 4.74. The van der Waals surface area contributed by atoms with Crippen molar-refractivity contribution >= 4 is 5.69 Å². The molecule has 3 heteroatoms. The molecule has 0 radical (unpaired) electrons. The van der Waals surface area contributed by atoms with Crippen LogP contribution in [0, 0.1) is 0 Å². The Kier molecular flexibility index (Phi) is 4.83. The highest BCUT2D eigenvalue weighted by Crippen LogP contribution is 2.30. The Morgan fingerprint density at radius 2 is 2.11 bits per heavy atom. The third kappa shape index (κ3) is 3.28. The Labute approximate surface area is 116 Å². The monoisotopic (exact) mass is 262 g/mol. The lowest BCUT2D eigenvalue weighted by molar-refractivity contribution is 0.173. The van der Waals surface area contributed by atoms with Crippen LogP contribution in [0.3, 0.4) is 0 Å². The van der Waals surface area contributed by atoms with E-state index in [-0.39, 0.29) is 6.10 Å². The van der Waals surface area contributed by atoms with Gasteiger partial charge < -0.3 is 14.9 Å². The van der Waals surface area contributed by atoms with Crippen molar-refractivity contribution in [1.82, 2.24) is 4.90 Å². The number of aliphatic hydroxyl groups is 1. The van der Waals surface area contributed by atoms with Gasteiger partial charge in [0.1, 0.15) is 0 Å². The van der Waals surface area contributed by atoms with Gasteiger partial charge in [0.15, 0.2) is 0 Å². The Morgan fingerprint density at radius 3 is 2.79 bits per heavy atom. The van der Waals surface area contributed by atoms with Crippen LogP contribution in [-0.2, 0) is 0 Å². The molecular weight excluding hydrogens is 236 g/mol. The Balaban J connectivity index is 2.21. The fraction of sp³-hybridized carbons (Fsp3) is 0.625. The molecule has 3 nitrogen and oxygen atoms in total. The van der Waals surface area contributed by atoms with E-state index >= 15 is 0 Å². The van der Waals surface area contributed by atoms with E-state index in [4.69, 9.17) is 0 Å². The first-order valence-corrected chi connectivity index (χ1v) is 7.31. The van der Waals surface area contributed by atoms with Crippen molar-refractivity contribution in [2.24, 2.45) is 0 Å². The van der Waals surface area contributed by atoms with Gasteiger partial charge in [-0.2, -0.15) is 0 Å². The predicted octanol–water partition coefficient (Wildman–Crippen LogP) is 2.66. The highest BCUT2D eigenvalue weighted by molar-refractivity contribution is 5.55. The lowest BCUT2D eigenvalue weighted by atomic mass is 10.00. The first-order valence-electron chi connectivity index (χ1n) is 7.31. The predicted molar refractivity (Wildman–Crippen MR) is 80.6 cm³/mol. The molecule has 1 N–H and O–H groups in total. The first kappa shape index (κ1) is 14.4. The van der Waals surface area contributed by atoms with Crippen LogP contribution in [0.5, 0.6) is 0 Å². The zero-order valence-electron chi connectivity index (χ0n) is 12.3. The smallest absolute Gasteiger partial charge is 0.0807 e. The SMILES string of the molecule is CCC(O)c1ccccc1N1CCCC(N(C)C)C1. The molecule has 0 aliphatic carbocycles. The van der Waals surface area contributed by atoms with E-state index in [1.165, 1.54) is 18.5 Å². The summed E-state index contributed by atoms with van der Waals surface area (Å²) in [5, 5.41) is 10.2. The molecule has 1 aromatic rings. The molecule has 1 aliphatic rings. The maximum absolute atomic E-state index is 10.2. The van der Waals surface area contributed by atoms with Crippen molar-refractivity contribution < 1.29 is 5.11 Å². The van der Waals surface area contributed by atoms with E-state index in [2.05, 4.69) is 42.1 Å². The van der Waals surface area contributed by atoms with Crippen LogP contribution in [0.4, 0.5) is 5.69 Å². The normalized spacial score (nSPS) is 21.7. The van der Waals surface area contributed by atoms with Gasteiger partial charge in [-0.3, -0.25) is 0 Å². The molecule has 0 spiro atoms. The molecule has 1 fully saturated rings. The summed E-state index contributed by atoms with van der Waals surface area (Å²) in [5.74, 6) is 0. The molecule has 106 valence electrons. The number of hydrogen-bond acceptors (Lipinski definition) is 3. The maximum atomic E-state index is 10.2. The van der Waals surface area contributed by atoms with Crippen molar-refractivity contribution in [3.63, 3.8) is 0 Å². The third-order valence-electron chi connectivity index (χ3n) is 4.15. The second-order valence-electron chi connectivity index (χ2n) is 5.69. The van der Waals surface area contributed by atoms with Gasteiger partial charge in [0.05, 0.1) is 6.10 Å². The van der Waals surface area contributed by atoms with Crippen molar-refractivity contribution in [3.05, 3.63) is 29.8 Å². The third-order valence-corrected chi connectivity index (χ3v) is 4.15. The quantitative estimate of drug-likeness (QED) is 0.903. The number of hydrogen-bond donors (Lipinski definition) is 1. The number of aliphatic hydroxyl groups excluding tert-OH is 1. The lowest BCUT2D eigenvalue weighted by Crippen LogP contribution is -2.45. The van der Waals surface area contributed by atoms with Gasteiger partial charge in [-0.05, 0) is 39.4 Å². The molecule has 1 heterocycles. The summed E-state index contributed by atoms with van der Waals surface area (Å²) >= 11 is 0. The number of anilines is 1. The summed E-state index contributed by atoms with van der Waals surface area (Å²) in [6.07, 6.45) is 2.90. The molecule has 1 aromatic carbocycles. The van der Waals surface area contributed by atoms with E-state index in [1.54, 1.807) is 0 Å². The van der Waals surface area contributed by atoms with Crippen molar-refractivity contribution in [2.75, 3.05) is 32.1 Å². The number of rotatable bonds is 4. The Hall–Kier alpha value is -1.06. The maximum Gasteiger partial charge on any atom is 0.0807 e. The average molecular weight is 262 g/mol. The van der Waals surface area contributed by atoms with Crippen LogP contribution in [0.2, 0.25) is 0 Å². The van der Waals surface area contributed by atoms with Crippen LogP contribution in [-0.4, -0.2) is 43.2 Å². The first-order chi connectivity index (χ1) is 9.13. The molecule has 2 rings (SSSR count). The molecule has 0 aromatic heterocycles. The van der Waals surface area contributed by atoms with E-state index in [0.29, 0.717) is 6.04 Å². The van der Waals surface area contributed by atoms with Gasteiger partial charge in [-0.15, -0.1) is 0 Å². The number of piperidine rings is 1. The van der Waals surface area contributed by atoms with Crippen LogP contribution in [0.1, 0.15) is 37.9 Å². The second kappa shape index (κ2) is 6.40. The van der Waals surface area contributed by atoms with Crippen molar-refractivity contribution in [1.29, 1.82) is 0 Å². The molecule has 2 atom stereocenters. The fourth-order valence-corrected chi connectivity index (χ4v) is 2.87. The van der Waals surface area contributed by atoms with Crippen LogP contribution >= 0.6 is 0 Å². The minimum absolute atomic E-state index is 0.351. The van der Waals surface area contributed by atoms with Crippen molar-refractivity contribution in [3.8, 4) is 0 Å². The summed E-state index contributed by atoms with van der Waals surface area (Å²) in [6.45, 7) is 4.18. The van der Waals surface area contributed by atoms with Crippen LogP contribution < -0.4 is 4.90 Å². The highest BCUT2D eigenvalue weighted by Gasteiger charge is 2.24. The summed E-state index contributed by atoms with van der Waals surface area (Å²) < 4.78 is 0. The van der Waals surface area contributed by atoms with Gasteiger partial charge in [0.2, 0.25) is 0 Å². The lowest BCUT2D eigenvalue weighted by Gasteiger charge is -2.38. The molecule has 0 bridgehead atoms. The van der Waals surface area contributed by atoms with E-state index < -0.39 is 0 Å². The summed E-state index contributed by atoms with van der Waals surface area (Å²) in [7, 11) is 4.31. The van der Waals surface area contributed by atoms with E-state index in [9.17, 15) is 5.11 Å². The minimum Gasteiger partial charge on any atom is -0.388 e. The molecule has 1 aliphatic heterocycles. The van der Waals surface area contributed by atoms with E-state index in [1.807, 2.05) is 13.0 Å². The van der Waals surface area contributed by atoms with Gasteiger partial charge >= 0.3 is 0 Å². The largest absolute Gasteiger partial charge is 0.388 e. The number of benzene rings is 1. The zero-order chi connectivity index (χ0) is 13.8. The summed E-state index contributed by atoms with van der Waals surface area (Å²) in [5.41, 5.74) is 2.29. The van der Waals surface area contributed by atoms with E-state index in [0.717, 1.165) is 25.1 Å². The second-order valence-corrected chi connectivity index (χ2v) is 5.69. The molecule has 0 amide bonds. The molecule has 19 heavy (non-hydrogen) atoms. The number of likely N-dealkylation sites (N-methyl/N-ethyl adjacent to an activating group) is 1. The number of para-hydroxylation sites is 1. The van der Waals surface area contributed by atoms with Crippen LogP contribution in [0.15, 0.2) is 24.3 Å². The summed E-state index contributed by atoms with van der Waals surface area (Å²) in [6, 6.07) is 8.90. The molecule has 1 saturated heterocycles. The standard InChI is InChI=1S/C16H26N2O/c1-4-16(19)14-9-5-6-10-15(14)18-11-7-8-13(12-18)17(2)3/h5-6,9-10,13,16,19H,4,7-8,11-12H2,1-3H3. The van der Waals surface area contributed by atoms with Crippen molar-refractivity contribution in [2.45, 2.75) is 38.3 Å². The highest BCUT2D eigenvalue weighted by atomic mass is 16.3. The molecule has 2 unspecified atom stereocenters. The van der Waals surface area contributed by atoms with Crippen LogP contribution in [0.25, 0.3) is 0 Å². The molecular formula is C16H26N2O. The Morgan fingerprint density at radius 1 is 1.37 bits per heavy atom. The molecule has 0 saturated carbocycles. The van der Waals surface area contributed by atoms with Gasteiger partial charge in [0, 0.05) is 30.4 Å². The topological polar surface area (TPSA) is 26.7 Å². The Bertz CT molecular complexity index is 405. The van der Waals surface area contributed by atoms with Gasteiger partial charge in [-0.1, -0.05) is 25.1 Å². The number of nitrogens with zero attached hydrogens (tertiary/aromatic N) is 2. The fourth-order valence-electron chi connectivity index (χ4n) is 2.87. The minimum atomic E-state index is -0.351. The van der Waals surface area contributed by atoms with Gasteiger partial charge in [0.25, 0.3) is 0 Å². The van der Waals surface area contributed by atoms with Gasteiger partial charge in [-0.25, -0.2) is 0 Å². The average Bonchev–Trinajstić information content (AvgIpc) is 2.46. The zero-order valence-corrected chi connectivity index (χ0v) is 12.3.